The van der Waals surface area contributed by atoms with Crippen LogP contribution in [-0.4, -0.2) is 26.5 Å². The van der Waals surface area contributed by atoms with Crippen LogP contribution >= 0.6 is 11.8 Å². The number of benzene rings is 2. The number of carbonyl (C=O) groups is 1. The van der Waals surface area contributed by atoms with Gasteiger partial charge in [0.05, 0.1) is 11.4 Å². The number of aromatic nitrogens is 3. The first-order valence-electron chi connectivity index (χ1n) is 10.5. The van der Waals surface area contributed by atoms with Gasteiger partial charge in [0.1, 0.15) is 12.2 Å². The molecule has 0 bridgehead atoms. The van der Waals surface area contributed by atoms with E-state index in [1.165, 1.54) is 10.1 Å². The van der Waals surface area contributed by atoms with E-state index in [0.29, 0.717) is 11.3 Å². The largest absolute Gasteiger partial charge is 0.324 e. The fraction of sp³-hybridized carbons (Fsp3) is 0.240. The zero-order chi connectivity index (χ0) is 22.8. The predicted octanol–water partition coefficient (Wildman–Crippen LogP) is 4.73. The van der Waals surface area contributed by atoms with E-state index in [2.05, 4.69) is 24.4 Å². The van der Waals surface area contributed by atoms with Crippen LogP contribution in [0.4, 0.5) is 5.69 Å². The van der Waals surface area contributed by atoms with Gasteiger partial charge in [0.25, 0.3) is 5.56 Å². The smallest absolute Gasteiger partial charge is 0.252 e. The van der Waals surface area contributed by atoms with Gasteiger partial charge in [0, 0.05) is 22.0 Å². The number of anilines is 1. The Hall–Kier alpha value is -3.32. The second-order valence-corrected chi connectivity index (χ2v) is 8.63. The SMILES string of the molecule is CCc1ccc(-n2nc(C)c3c(C)cc(=O)n(CC(=O)Nc4cccc(SC)c4)c32)cc1. The van der Waals surface area contributed by atoms with Gasteiger partial charge in [-0.3, -0.25) is 14.2 Å². The van der Waals surface area contributed by atoms with Crippen LogP contribution in [0.15, 0.2) is 64.3 Å². The van der Waals surface area contributed by atoms with E-state index in [-0.39, 0.29) is 18.0 Å². The molecule has 32 heavy (non-hydrogen) atoms. The number of hydrogen-bond donors (Lipinski definition) is 1. The maximum atomic E-state index is 13.0. The summed E-state index contributed by atoms with van der Waals surface area (Å²) in [6, 6.07) is 17.3. The highest BCUT2D eigenvalue weighted by Gasteiger charge is 2.19. The highest BCUT2D eigenvalue weighted by molar-refractivity contribution is 7.98. The van der Waals surface area contributed by atoms with Gasteiger partial charge in [0.15, 0.2) is 0 Å². The summed E-state index contributed by atoms with van der Waals surface area (Å²) in [5, 5.41) is 8.52. The molecule has 1 N–H and O–H groups in total. The first-order valence-corrected chi connectivity index (χ1v) is 11.8. The molecule has 0 unspecified atom stereocenters. The van der Waals surface area contributed by atoms with Crippen molar-refractivity contribution in [1.82, 2.24) is 14.3 Å². The van der Waals surface area contributed by atoms with E-state index in [0.717, 1.165) is 33.6 Å². The highest BCUT2D eigenvalue weighted by Crippen LogP contribution is 2.24. The molecule has 0 fully saturated rings. The van der Waals surface area contributed by atoms with Gasteiger partial charge in [-0.15, -0.1) is 11.8 Å². The topological polar surface area (TPSA) is 68.9 Å². The molecule has 0 saturated heterocycles. The number of thioether (sulfide) groups is 1. The normalized spacial score (nSPS) is 11.1. The Balaban J connectivity index is 1.78. The summed E-state index contributed by atoms with van der Waals surface area (Å²) in [7, 11) is 0. The molecule has 4 aromatic rings. The number of fused-ring (bicyclic) bond motifs is 1. The second-order valence-electron chi connectivity index (χ2n) is 7.75. The second kappa shape index (κ2) is 9.04. The van der Waals surface area contributed by atoms with E-state index >= 15 is 0 Å². The third-order valence-corrected chi connectivity index (χ3v) is 6.26. The molecule has 7 heteroatoms. The number of carbonyl (C=O) groups excluding carboxylic acids is 1. The Morgan fingerprint density at radius 3 is 2.53 bits per heavy atom. The summed E-state index contributed by atoms with van der Waals surface area (Å²) in [5.41, 5.74) is 4.86. The van der Waals surface area contributed by atoms with Crippen LogP contribution in [0.1, 0.15) is 23.7 Å². The van der Waals surface area contributed by atoms with Crippen molar-refractivity contribution >= 4 is 34.4 Å². The summed E-state index contributed by atoms with van der Waals surface area (Å²) in [5.74, 6) is -0.262. The van der Waals surface area contributed by atoms with Crippen molar-refractivity contribution in [1.29, 1.82) is 0 Å². The fourth-order valence-electron chi connectivity index (χ4n) is 3.92. The van der Waals surface area contributed by atoms with Crippen LogP contribution in [0.2, 0.25) is 0 Å². The van der Waals surface area contributed by atoms with Crippen LogP contribution in [-0.2, 0) is 17.8 Å². The van der Waals surface area contributed by atoms with Crippen molar-refractivity contribution in [3.8, 4) is 5.69 Å². The van der Waals surface area contributed by atoms with E-state index in [9.17, 15) is 9.59 Å². The monoisotopic (exact) mass is 446 g/mol. The first kappa shape index (κ1) is 21.9. The Kier molecular flexibility index (Phi) is 6.19. The van der Waals surface area contributed by atoms with Crippen LogP contribution in [0.25, 0.3) is 16.7 Å². The quantitative estimate of drug-likeness (QED) is 0.435. The van der Waals surface area contributed by atoms with Gasteiger partial charge < -0.3 is 5.32 Å². The number of nitrogens with one attached hydrogen (secondary N) is 1. The average Bonchev–Trinajstić information content (AvgIpc) is 3.14. The van der Waals surface area contributed by atoms with Gasteiger partial charge in [-0.05, 0) is 68.0 Å². The molecule has 1 amide bonds. The summed E-state index contributed by atoms with van der Waals surface area (Å²) >= 11 is 1.61. The highest BCUT2D eigenvalue weighted by atomic mass is 32.2. The van der Waals surface area contributed by atoms with Gasteiger partial charge in [0.2, 0.25) is 5.91 Å². The molecule has 0 aliphatic heterocycles. The third-order valence-electron chi connectivity index (χ3n) is 5.54. The lowest BCUT2D eigenvalue weighted by Gasteiger charge is -2.13. The molecule has 0 spiro atoms. The van der Waals surface area contributed by atoms with Crippen LogP contribution < -0.4 is 10.9 Å². The Morgan fingerprint density at radius 2 is 1.84 bits per heavy atom. The van der Waals surface area contributed by atoms with E-state index in [1.807, 2.05) is 56.5 Å². The number of pyridine rings is 1. The van der Waals surface area contributed by atoms with E-state index < -0.39 is 0 Å². The minimum atomic E-state index is -0.262. The number of hydrogen-bond acceptors (Lipinski definition) is 4. The molecule has 2 aromatic carbocycles. The number of aryl methyl sites for hydroxylation is 3. The Labute approximate surface area is 191 Å². The molecule has 0 atom stereocenters. The molecule has 0 saturated carbocycles. The molecular weight excluding hydrogens is 420 g/mol. The fourth-order valence-corrected chi connectivity index (χ4v) is 4.38. The standard InChI is InChI=1S/C25H26N4O2S/c1-5-18-9-11-20(12-10-18)29-25-24(17(3)27-29)16(2)13-23(31)28(25)15-22(30)26-19-7-6-8-21(14-19)32-4/h6-14H,5,15H2,1-4H3,(H,26,30). The third kappa shape index (κ3) is 4.21. The van der Waals surface area contributed by atoms with Gasteiger partial charge in [-0.1, -0.05) is 25.1 Å². The zero-order valence-electron chi connectivity index (χ0n) is 18.7. The zero-order valence-corrected chi connectivity index (χ0v) is 19.5. The lowest BCUT2D eigenvalue weighted by Crippen LogP contribution is -2.29. The van der Waals surface area contributed by atoms with Crippen molar-refractivity contribution < 1.29 is 4.79 Å². The van der Waals surface area contributed by atoms with Crippen LogP contribution in [0, 0.1) is 13.8 Å². The van der Waals surface area contributed by atoms with Gasteiger partial charge in [-0.2, -0.15) is 5.10 Å². The molecule has 6 nitrogen and oxygen atoms in total. The molecule has 0 aliphatic carbocycles. The number of rotatable bonds is 6. The van der Waals surface area contributed by atoms with Gasteiger partial charge in [-0.25, -0.2) is 4.68 Å². The van der Waals surface area contributed by atoms with Gasteiger partial charge >= 0.3 is 0 Å². The predicted molar refractivity (Wildman–Crippen MR) is 131 cm³/mol. The summed E-state index contributed by atoms with van der Waals surface area (Å²) in [6.45, 7) is 5.84. The van der Waals surface area contributed by atoms with Crippen molar-refractivity contribution in [2.45, 2.75) is 38.6 Å². The lowest BCUT2D eigenvalue weighted by molar-refractivity contribution is -0.116. The molecule has 2 aromatic heterocycles. The van der Waals surface area contributed by atoms with Crippen LogP contribution in [0.3, 0.4) is 0 Å². The molecule has 4 rings (SSSR count). The van der Waals surface area contributed by atoms with Crippen molar-refractivity contribution in [3.05, 3.63) is 81.8 Å². The van der Waals surface area contributed by atoms with Crippen molar-refractivity contribution in [3.63, 3.8) is 0 Å². The molecule has 2 heterocycles. The minimum absolute atomic E-state index is 0.0999. The lowest BCUT2D eigenvalue weighted by atomic mass is 10.1. The maximum Gasteiger partial charge on any atom is 0.252 e. The van der Waals surface area contributed by atoms with Crippen LogP contribution in [0.5, 0.6) is 0 Å². The van der Waals surface area contributed by atoms with E-state index in [1.54, 1.807) is 22.5 Å². The maximum absolute atomic E-state index is 13.0. The summed E-state index contributed by atoms with van der Waals surface area (Å²) < 4.78 is 3.27. The molecule has 164 valence electrons. The Bertz CT molecular complexity index is 1350. The van der Waals surface area contributed by atoms with Crippen molar-refractivity contribution in [2.24, 2.45) is 0 Å². The summed E-state index contributed by atoms with van der Waals surface area (Å²) in [6.07, 6.45) is 2.93. The van der Waals surface area contributed by atoms with Crippen molar-refractivity contribution in [2.75, 3.05) is 11.6 Å². The molecule has 0 radical (unpaired) electrons. The summed E-state index contributed by atoms with van der Waals surface area (Å²) in [4.78, 5) is 26.9. The number of nitrogens with zero attached hydrogens (tertiary/aromatic N) is 3. The molecule has 0 aliphatic rings. The molecular formula is C25H26N4O2S. The Morgan fingerprint density at radius 1 is 1.09 bits per heavy atom. The average molecular weight is 447 g/mol. The number of amides is 1. The first-order chi connectivity index (χ1) is 15.4. The minimum Gasteiger partial charge on any atom is -0.324 e. The van der Waals surface area contributed by atoms with E-state index in [4.69, 9.17) is 5.10 Å².